The van der Waals surface area contributed by atoms with Gasteiger partial charge in [0, 0.05) is 32.4 Å². The highest BCUT2D eigenvalue weighted by Crippen LogP contribution is 2.36. The Morgan fingerprint density at radius 3 is 2.42 bits per heavy atom. The van der Waals surface area contributed by atoms with Crippen LogP contribution in [0.25, 0.3) is 11.4 Å². The molecule has 0 unspecified atom stereocenters. The Morgan fingerprint density at radius 1 is 1.03 bits per heavy atom. The standard InChI is InChI=1S/C20H22F3N9O/c1-31-4-6-32(7-5-31)15-10-27-13(9-28-15)16-17(20(21,22)23)30-18(25)19(29-16)33-11-12-2-3-26-14(24)8-12/h2-3,8-10H,4-7,11H2,1H3,(H2,24,26)(H2,25,30). The predicted molar refractivity (Wildman–Crippen MR) is 115 cm³/mol. The van der Waals surface area contributed by atoms with Crippen LogP contribution in [0.4, 0.5) is 30.6 Å². The Labute approximate surface area is 187 Å². The van der Waals surface area contributed by atoms with Crippen LogP contribution in [0.15, 0.2) is 30.7 Å². The van der Waals surface area contributed by atoms with Crippen LogP contribution >= 0.6 is 0 Å². The molecule has 3 aromatic rings. The van der Waals surface area contributed by atoms with Crippen molar-refractivity contribution < 1.29 is 17.9 Å². The van der Waals surface area contributed by atoms with E-state index in [1.54, 1.807) is 12.1 Å². The average Bonchev–Trinajstić information content (AvgIpc) is 2.78. The summed E-state index contributed by atoms with van der Waals surface area (Å²) in [5, 5.41) is 0. The number of halogens is 3. The van der Waals surface area contributed by atoms with Gasteiger partial charge in [0.1, 0.15) is 29.6 Å². The largest absolute Gasteiger partial charge is 0.470 e. The van der Waals surface area contributed by atoms with Gasteiger partial charge in [0.2, 0.25) is 0 Å². The number of hydrogen-bond acceptors (Lipinski definition) is 10. The second-order valence-electron chi connectivity index (χ2n) is 7.54. The first-order valence-electron chi connectivity index (χ1n) is 10.0. The Hall–Kier alpha value is -3.74. The molecular formula is C20H22F3N9O. The number of nitrogens with two attached hydrogens (primary N) is 2. The van der Waals surface area contributed by atoms with Crippen LogP contribution < -0.4 is 21.1 Å². The van der Waals surface area contributed by atoms with Gasteiger partial charge in [-0.25, -0.2) is 24.9 Å². The summed E-state index contributed by atoms with van der Waals surface area (Å²) in [7, 11) is 2.02. The zero-order valence-electron chi connectivity index (χ0n) is 17.7. The molecule has 1 aliphatic rings. The number of pyridine rings is 1. The minimum absolute atomic E-state index is 0.0373. The van der Waals surface area contributed by atoms with Crippen molar-refractivity contribution in [2.24, 2.45) is 0 Å². The van der Waals surface area contributed by atoms with Gasteiger partial charge in [-0.3, -0.25) is 0 Å². The first kappa shape index (κ1) is 22.5. The van der Waals surface area contributed by atoms with E-state index in [9.17, 15) is 13.2 Å². The Kier molecular flexibility index (Phi) is 6.14. The predicted octanol–water partition coefficient (Wildman–Crippen LogP) is 1.84. The maximum atomic E-state index is 13.7. The van der Waals surface area contributed by atoms with Crippen molar-refractivity contribution in [2.45, 2.75) is 12.8 Å². The molecule has 4 heterocycles. The number of nitrogen functional groups attached to an aromatic ring is 2. The molecular weight excluding hydrogens is 439 g/mol. The van der Waals surface area contributed by atoms with E-state index in [-0.39, 0.29) is 24.0 Å². The molecule has 0 aliphatic carbocycles. The molecule has 33 heavy (non-hydrogen) atoms. The Bertz CT molecular complexity index is 1120. The molecule has 1 aliphatic heterocycles. The molecule has 3 aromatic heterocycles. The lowest BCUT2D eigenvalue weighted by molar-refractivity contribution is -0.140. The molecule has 4 N–H and O–H groups in total. The monoisotopic (exact) mass is 461 g/mol. The van der Waals surface area contributed by atoms with Crippen LogP contribution in [0, 0.1) is 0 Å². The van der Waals surface area contributed by atoms with Gasteiger partial charge < -0.3 is 26.0 Å². The second-order valence-corrected chi connectivity index (χ2v) is 7.54. The summed E-state index contributed by atoms with van der Waals surface area (Å²) in [6, 6.07) is 3.21. The van der Waals surface area contributed by atoms with Crippen molar-refractivity contribution >= 4 is 17.5 Å². The summed E-state index contributed by atoms with van der Waals surface area (Å²) in [4.78, 5) is 24.1. The molecule has 0 amide bonds. The molecule has 174 valence electrons. The van der Waals surface area contributed by atoms with Crippen LogP contribution in [0.2, 0.25) is 0 Å². The lowest BCUT2D eigenvalue weighted by Gasteiger charge is -2.32. The van der Waals surface area contributed by atoms with E-state index < -0.39 is 23.4 Å². The smallest absolute Gasteiger partial charge is 0.435 e. The zero-order chi connectivity index (χ0) is 23.6. The number of ether oxygens (including phenoxy) is 1. The highest BCUT2D eigenvalue weighted by atomic mass is 19.4. The van der Waals surface area contributed by atoms with Crippen molar-refractivity contribution in [3.63, 3.8) is 0 Å². The van der Waals surface area contributed by atoms with E-state index in [4.69, 9.17) is 16.2 Å². The van der Waals surface area contributed by atoms with Gasteiger partial charge in [-0.15, -0.1) is 0 Å². The van der Waals surface area contributed by atoms with Gasteiger partial charge in [-0.05, 0) is 24.7 Å². The maximum Gasteiger partial charge on any atom is 0.435 e. The molecule has 0 bridgehead atoms. The zero-order valence-corrected chi connectivity index (χ0v) is 17.7. The molecule has 0 aromatic carbocycles. The lowest BCUT2D eigenvalue weighted by Crippen LogP contribution is -2.44. The minimum Gasteiger partial charge on any atom is -0.470 e. The van der Waals surface area contributed by atoms with Gasteiger partial charge in [-0.2, -0.15) is 13.2 Å². The fourth-order valence-electron chi connectivity index (χ4n) is 3.29. The molecule has 13 heteroatoms. The third kappa shape index (κ3) is 5.19. The van der Waals surface area contributed by atoms with Gasteiger partial charge in [0.15, 0.2) is 11.5 Å². The molecule has 0 radical (unpaired) electrons. The third-order valence-corrected chi connectivity index (χ3v) is 5.09. The Balaban J connectivity index is 1.63. The number of anilines is 3. The quantitative estimate of drug-likeness (QED) is 0.580. The number of nitrogens with zero attached hydrogens (tertiary/aromatic N) is 7. The van der Waals surface area contributed by atoms with Gasteiger partial charge in [0.05, 0.1) is 12.4 Å². The normalized spacial score (nSPS) is 15.0. The molecule has 0 atom stereocenters. The first-order chi connectivity index (χ1) is 15.7. The van der Waals surface area contributed by atoms with Crippen LogP contribution in [-0.4, -0.2) is 63.0 Å². The van der Waals surface area contributed by atoms with E-state index in [0.29, 0.717) is 11.4 Å². The summed E-state index contributed by atoms with van der Waals surface area (Å²) < 4.78 is 46.5. The van der Waals surface area contributed by atoms with Crippen molar-refractivity contribution in [3.8, 4) is 17.3 Å². The van der Waals surface area contributed by atoms with E-state index in [2.05, 4.69) is 29.8 Å². The van der Waals surface area contributed by atoms with Crippen molar-refractivity contribution in [3.05, 3.63) is 42.0 Å². The maximum absolute atomic E-state index is 13.7. The van der Waals surface area contributed by atoms with Gasteiger partial charge in [-0.1, -0.05) is 0 Å². The van der Waals surface area contributed by atoms with Gasteiger partial charge >= 0.3 is 6.18 Å². The molecule has 0 spiro atoms. The van der Waals surface area contributed by atoms with Crippen molar-refractivity contribution in [1.29, 1.82) is 0 Å². The SMILES string of the molecule is CN1CCN(c2cnc(-c3nc(OCc4ccnc(N)c4)c(N)nc3C(F)(F)F)cn2)CC1. The van der Waals surface area contributed by atoms with Crippen molar-refractivity contribution in [2.75, 3.05) is 49.6 Å². The molecule has 10 nitrogen and oxygen atoms in total. The summed E-state index contributed by atoms with van der Waals surface area (Å²) >= 11 is 0. The summed E-state index contributed by atoms with van der Waals surface area (Å²) in [6.45, 7) is 3.17. The fourth-order valence-corrected chi connectivity index (χ4v) is 3.29. The van der Waals surface area contributed by atoms with Crippen LogP contribution in [-0.2, 0) is 12.8 Å². The molecule has 1 saturated heterocycles. The van der Waals surface area contributed by atoms with Crippen LogP contribution in [0.1, 0.15) is 11.3 Å². The van der Waals surface area contributed by atoms with Crippen LogP contribution in [0.3, 0.4) is 0 Å². The summed E-state index contributed by atoms with van der Waals surface area (Å²) in [5.41, 5.74) is 10.1. The lowest BCUT2D eigenvalue weighted by atomic mass is 10.2. The fraction of sp³-hybridized carbons (Fsp3) is 0.350. The first-order valence-corrected chi connectivity index (χ1v) is 10.0. The molecule has 4 rings (SSSR count). The average molecular weight is 461 g/mol. The van der Waals surface area contributed by atoms with Crippen molar-refractivity contribution in [1.82, 2.24) is 29.8 Å². The minimum atomic E-state index is -4.80. The topological polar surface area (TPSA) is 132 Å². The molecule has 0 saturated carbocycles. The number of hydrogen-bond donors (Lipinski definition) is 2. The summed E-state index contributed by atoms with van der Waals surface area (Å²) in [6.07, 6.45) is -0.638. The number of alkyl halides is 3. The highest BCUT2D eigenvalue weighted by Gasteiger charge is 2.38. The van der Waals surface area contributed by atoms with E-state index in [1.807, 2.05) is 11.9 Å². The van der Waals surface area contributed by atoms with E-state index >= 15 is 0 Å². The van der Waals surface area contributed by atoms with E-state index in [1.165, 1.54) is 18.6 Å². The second kappa shape index (κ2) is 9.02. The van der Waals surface area contributed by atoms with Gasteiger partial charge in [0.25, 0.3) is 5.88 Å². The number of rotatable bonds is 5. The third-order valence-electron chi connectivity index (χ3n) is 5.09. The van der Waals surface area contributed by atoms with Crippen LogP contribution in [0.5, 0.6) is 5.88 Å². The summed E-state index contributed by atoms with van der Waals surface area (Å²) in [5.74, 6) is 0.114. The number of aromatic nitrogens is 5. The highest BCUT2D eigenvalue weighted by molar-refractivity contribution is 5.61. The number of piperazine rings is 1. The Morgan fingerprint density at radius 2 is 1.79 bits per heavy atom. The van der Waals surface area contributed by atoms with E-state index in [0.717, 1.165) is 26.2 Å². The molecule has 1 fully saturated rings. The number of likely N-dealkylation sites (N-methyl/N-ethyl adjacent to an activating group) is 1.